The van der Waals surface area contributed by atoms with Crippen LogP contribution in [0.1, 0.15) is 19.4 Å². The monoisotopic (exact) mass is 256 g/mol. The van der Waals surface area contributed by atoms with E-state index in [1.165, 1.54) is 6.07 Å². The van der Waals surface area contributed by atoms with E-state index in [9.17, 15) is 19.6 Å². The molecule has 0 spiro atoms. The molecular formula is C12H17FN2O3. The molecule has 1 rings (SSSR count). The number of rotatable bonds is 5. The van der Waals surface area contributed by atoms with Crippen LogP contribution in [0.5, 0.6) is 0 Å². The summed E-state index contributed by atoms with van der Waals surface area (Å²) in [6.45, 7) is 4.20. The molecule has 0 aliphatic heterocycles. The number of hydrogen-bond donors (Lipinski definition) is 1. The van der Waals surface area contributed by atoms with Crippen LogP contribution in [0.4, 0.5) is 10.1 Å². The number of nitro groups is 1. The topological polar surface area (TPSA) is 66.6 Å². The Balaban J connectivity index is 2.75. The van der Waals surface area contributed by atoms with E-state index in [0.717, 1.165) is 12.1 Å². The molecule has 0 aromatic heterocycles. The zero-order valence-corrected chi connectivity index (χ0v) is 10.7. The molecule has 0 bridgehead atoms. The van der Waals surface area contributed by atoms with Crippen molar-refractivity contribution >= 4 is 5.69 Å². The van der Waals surface area contributed by atoms with Gasteiger partial charge in [-0.15, -0.1) is 0 Å². The lowest BCUT2D eigenvalue weighted by Gasteiger charge is -2.25. The predicted octanol–water partition coefficient (Wildman–Crippen LogP) is 1.94. The van der Waals surface area contributed by atoms with E-state index < -0.39 is 22.0 Å². The van der Waals surface area contributed by atoms with Gasteiger partial charge in [-0.1, -0.05) is 6.07 Å². The summed E-state index contributed by atoms with van der Waals surface area (Å²) in [7, 11) is 1.79. The van der Waals surface area contributed by atoms with E-state index >= 15 is 0 Å². The van der Waals surface area contributed by atoms with Crippen LogP contribution in [0, 0.1) is 15.9 Å². The van der Waals surface area contributed by atoms with Crippen LogP contribution >= 0.6 is 0 Å². The molecule has 0 amide bonds. The Kier molecular flexibility index (Phi) is 4.37. The molecule has 1 aromatic rings. The Hall–Kier alpha value is -1.53. The fourth-order valence-corrected chi connectivity index (χ4v) is 1.82. The minimum absolute atomic E-state index is 0.416. The molecule has 5 nitrogen and oxygen atoms in total. The lowest BCUT2D eigenvalue weighted by atomic mass is 10.1. The van der Waals surface area contributed by atoms with E-state index in [1.54, 1.807) is 20.9 Å². The third-order valence-electron chi connectivity index (χ3n) is 2.32. The first-order chi connectivity index (χ1) is 8.19. The normalized spacial score (nSPS) is 11.9. The lowest BCUT2D eigenvalue weighted by molar-refractivity contribution is -0.387. The Bertz CT molecular complexity index is 443. The van der Waals surface area contributed by atoms with Gasteiger partial charge in [-0.05, 0) is 32.5 Å². The fourth-order valence-electron chi connectivity index (χ4n) is 1.82. The van der Waals surface area contributed by atoms with E-state index in [2.05, 4.69) is 0 Å². The summed E-state index contributed by atoms with van der Waals surface area (Å²) in [5, 5.41) is 20.1. The van der Waals surface area contributed by atoms with Crippen LogP contribution in [0.15, 0.2) is 18.2 Å². The molecule has 0 saturated carbocycles. The first-order valence-electron chi connectivity index (χ1n) is 5.53. The molecule has 0 heterocycles. The van der Waals surface area contributed by atoms with Gasteiger partial charge in [0.25, 0.3) is 0 Å². The molecule has 0 aliphatic rings. The smallest absolute Gasteiger partial charge is 0.304 e. The van der Waals surface area contributed by atoms with Gasteiger partial charge in [0.1, 0.15) is 0 Å². The summed E-state index contributed by atoms with van der Waals surface area (Å²) in [5.41, 5.74) is -0.734. The summed E-state index contributed by atoms with van der Waals surface area (Å²) < 4.78 is 13.4. The van der Waals surface area contributed by atoms with Crippen molar-refractivity contribution in [3.63, 3.8) is 0 Å². The van der Waals surface area contributed by atoms with Crippen LogP contribution in [-0.2, 0) is 6.54 Å². The molecular weight excluding hydrogens is 239 g/mol. The minimum Gasteiger partial charge on any atom is -0.389 e. The molecule has 0 fully saturated rings. The average molecular weight is 256 g/mol. The minimum atomic E-state index is -0.839. The number of aliphatic hydroxyl groups is 1. The van der Waals surface area contributed by atoms with E-state index in [4.69, 9.17) is 0 Å². The van der Waals surface area contributed by atoms with Gasteiger partial charge in [0.2, 0.25) is 5.82 Å². The number of nitrogens with zero attached hydrogens (tertiary/aromatic N) is 2. The van der Waals surface area contributed by atoms with Crippen molar-refractivity contribution in [1.82, 2.24) is 4.90 Å². The first-order valence-corrected chi connectivity index (χ1v) is 5.53. The van der Waals surface area contributed by atoms with Crippen LogP contribution in [-0.4, -0.2) is 34.1 Å². The van der Waals surface area contributed by atoms with Crippen molar-refractivity contribution in [3.05, 3.63) is 39.7 Å². The van der Waals surface area contributed by atoms with E-state index in [1.807, 2.05) is 4.90 Å². The van der Waals surface area contributed by atoms with E-state index in [-0.39, 0.29) is 0 Å². The van der Waals surface area contributed by atoms with Crippen LogP contribution in [0.3, 0.4) is 0 Å². The predicted molar refractivity (Wildman–Crippen MR) is 65.7 cm³/mol. The van der Waals surface area contributed by atoms with Crippen molar-refractivity contribution < 1.29 is 14.4 Å². The number of nitro benzene ring substituents is 1. The summed E-state index contributed by atoms with van der Waals surface area (Å²) in [5.74, 6) is -0.839. The molecule has 1 N–H and O–H groups in total. The maximum Gasteiger partial charge on any atom is 0.304 e. The van der Waals surface area contributed by atoms with Gasteiger partial charge in [-0.25, -0.2) is 0 Å². The molecule has 0 radical (unpaired) electrons. The zero-order valence-electron chi connectivity index (χ0n) is 10.7. The van der Waals surface area contributed by atoms with Gasteiger partial charge in [0.15, 0.2) is 0 Å². The summed E-state index contributed by atoms with van der Waals surface area (Å²) in [6, 6.07) is 3.82. The fraction of sp³-hybridized carbons (Fsp3) is 0.500. The number of hydrogen-bond acceptors (Lipinski definition) is 4. The second-order valence-corrected chi connectivity index (χ2v) is 5.03. The van der Waals surface area contributed by atoms with E-state index in [0.29, 0.717) is 18.7 Å². The molecule has 0 atom stereocenters. The SMILES string of the molecule is CN(Cc1ccc([N+](=O)[O-])c(F)c1)CC(C)(C)O. The molecule has 1 aromatic carbocycles. The second-order valence-electron chi connectivity index (χ2n) is 5.03. The van der Waals surface area contributed by atoms with Crippen molar-refractivity contribution in [3.8, 4) is 0 Å². The number of benzene rings is 1. The molecule has 0 unspecified atom stereocenters. The van der Waals surface area contributed by atoms with Crippen molar-refractivity contribution in [2.24, 2.45) is 0 Å². The summed E-state index contributed by atoms with van der Waals surface area (Å²) >= 11 is 0. The molecule has 0 saturated heterocycles. The Labute approximate surface area is 105 Å². The van der Waals surface area contributed by atoms with Crippen molar-refractivity contribution in [1.29, 1.82) is 0 Å². The molecule has 18 heavy (non-hydrogen) atoms. The third-order valence-corrected chi connectivity index (χ3v) is 2.32. The molecule has 0 aliphatic carbocycles. The van der Waals surface area contributed by atoms with Crippen LogP contribution in [0.25, 0.3) is 0 Å². The largest absolute Gasteiger partial charge is 0.389 e. The standard InChI is InChI=1S/C12H17FN2O3/c1-12(2,16)8-14(3)7-9-4-5-11(15(17)18)10(13)6-9/h4-6,16H,7-8H2,1-3H3. The lowest BCUT2D eigenvalue weighted by Crippen LogP contribution is -2.35. The van der Waals surface area contributed by atoms with Gasteiger partial charge in [-0.2, -0.15) is 4.39 Å². The van der Waals surface area contributed by atoms with Crippen molar-refractivity contribution in [2.75, 3.05) is 13.6 Å². The number of halogens is 1. The summed E-state index contributed by atoms with van der Waals surface area (Å²) in [6.07, 6.45) is 0. The van der Waals surface area contributed by atoms with Crippen LogP contribution in [0.2, 0.25) is 0 Å². The van der Waals surface area contributed by atoms with Crippen LogP contribution < -0.4 is 0 Å². The molecule has 6 heteroatoms. The summed E-state index contributed by atoms with van der Waals surface area (Å²) in [4.78, 5) is 11.5. The number of likely N-dealkylation sites (N-methyl/N-ethyl adjacent to an activating group) is 1. The quantitative estimate of drug-likeness (QED) is 0.645. The van der Waals surface area contributed by atoms with Crippen molar-refractivity contribution in [2.45, 2.75) is 26.0 Å². The Morgan fingerprint density at radius 3 is 2.56 bits per heavy atom. The second kappa shape index (κ2) is 5.41. The highest BCUT2D eigenvalue weighted by atomic mass is 19.1. The molecule has 100 valence electrons. The average Bonchev–Trinajstić information content (AvgIpc) is 2.13. The highest BCUT2D eigenvalue weighted by Crippen LogP contribution is 2.19. The van der Waals surface area contributed by atoms with Gasteiger partial charge >= 0.3 is 5.69 Å². The third kappa shape index (κ3) is 4.38. The first kappa shape index (κ1) is 14.5. The maximum atomic E-state index is 13.4. The Morgan fingerprint density at radius 2 is 2.11 bits per heavy atom. The maximum absolute atomic E-state index is 13.4. The van der Waals surface area contributed by atoms with Gasteiger partial charge in [0.05, 0.1) is 10.5 Å². The van der Waals surface area contributed by atoms with Gasteiger partial charge in [-0.3, -0.25) is 15.0 Å². The Morgan fingerprint density at radius 1 is 1.50 bits per heavy atom. The highest BCUT2D eigenvalue weighted by Gasteiger charge is 2.17. The van der Waals surface area contributed by atoms with Gasteiger partial charge < -0.3 is 5.11 Å². The highest BCUT2D eigenvalue weighted by molar-refractivity contribution is 5.34. The van der Waals surface area contributed by atoms with Gasteiger partial charge in [0, 0.05) is 19.2 Å². The zero-order chi connectivity index (χ0) is 13.9.